The van der Waals surface area contributed by atoms with Gasteiger partial charge in [0, 0.05) is 34.7 Å². The largest absolute Gasteiger partial charge is 0.478 e. The van der Waals surface area contributed by atoms with Crippen LogP contribution in [0.25, 0.3) is 10.9 Å². The average Bonchev–Trinajstić information content (AvgIpc) is 2.73. The second-order valence-electron chi connectivity index (χ2n) is 6.96. The number of hydrogen-bond acceptors (Lipinski definition) is 4. The third-order valence-electron chi connectivity index (χ3n) is 4.86. The first kappa shape index (κ1) is 21.6. The van der Waals surface area contributed by atoms with E-state index in [1.807, 2.05) is 6.92 Å². The van der Waals surface area contributed by atoms with Crippen LogP contribution >= 0.6 is 11.6 Å². The Kier molecular flexibility index (Phi) is 6.90. The summed E-state index contributed by atoms with van der Waals surface area (Å²) >= 11 is 5.95. The van der Waals surface area contributed by atoms with Gasteiger partial charge in [-0.1, -0.05) is 31.0 Å². The Balaban J connectivity index is 1.97. The van der Waals surface area contributed by atoms with Gasteiger partial charge in [0.25, 0.3) is 5.91 Å². The first-order valence-electron chi connectivity index (χ1n) is 9.93. The summed E-state index contributed by atoms with van der Waals surface area (Å²) in [7, 11) is 0. The van der Waals surface area contributed by atoms with E-state index in [2.05, 4.69) is 22.1 Å². The molecule has 0 aliphatic heterocycles. The first-order valence-corrected chi connectivity index (χ1v) is 10.3. The summed E-state index contributed by atoms with van der Waals surface area (Å²) in [4.78, 5) is 31.2. The number of nitrogens with one attached hydrogen (secondary N) is 1. The third-order valence-corrected chi connectivity index (χ3v) is 5.09. The molecule has 1 aromatic heterocycles. The van der Waals surface area contributed by atoms with Crippen molar-refractivity contribution in [3.8, 4) is 0 Å². The summed E-state index contributed by atoms with van der Waals surface area (Å²) in [6.07, 6.45) is 2.05. The highest BCUT2D eigenvalue weighted by Crippen LogP contribution is 2.27. The van der Waals surface area contributed by atoms with Gasteiger partial charge in [-0.15, -0.1) is 0 Å². The summed E-state index contributed by atoms with van der Waals surface area (Å²) in [5, 5.41) is 13.5. The molecule has 0 radical (unpaired) electrons. The number of rotatable bonds is 8. The molecule has 2 N–H and O–H groups in total. The molecule has 0 spiro atoms. The van der Waals surface area contributed by atoms with Crippen LogP contribution < -0.4 is 10.2 Å². The van der Waals surface area contributed by atoms with E-state index >= 15 is 0 Å². The van der Waals surface area contributed by atoms with Crippen LogP contribution in [0.2, 0.25) is 5.02 Å². The molecule has 0 aliphatic rings. The predicted molar refractivity (Wildman–Crippen MR) is 121 cm³/mol. The standard InChI is InChI=1S/C23H24ClN3O3/c1-3-5-11-27(4-2)21-14-19(23(29)30)18-13-17(9-10-20(18)26-21)25-22(28)15-7-6-8-16(24)12-15/h6-10,12-14H,3-5,11H2,1-2H3,(H,25,28)(H,29,30). The van der Waals surface area contributed by atoms with E-state index in [1.165, 1.54) is 0 Å². The SMILES string of the molecule is CCCCN(CC)c1cc(C(=O)O)c2cc(NC(=O)c3cccc(Cl)c3)ccc2n1. The maximum atomic E-state index is 12.5. The van der Waals surface area contributed by atoms with Crippen LogP contribution in [-0.4, -0.2) is 35.1 Å². The minimum absolute atomic E-state index is 0.156. The van der Waals surface area contributed by atoms with Crippen LogP contribution in [0, 0.1) is 0 Å². The lowest BCUT2D eigenvalue weighted by molar-refractivity contribution is 0.0698. The van der Waals surface area contributed by atoms with E-state index < -0.39 is 5.97 Å². The number of carbonyl (C=O) groups excluding carboxylic acids is 1. The first-order chi connectivity index (χ1) is 14.4. The van der Waals surface area contributed by atoms with Crippen molar-refractivity contribution < 1.29 is 14.7 Å². The Bertz CT molecular complexity index is 1080. The molecule has 3 aromatic rings. The van der Waals surface area contributed by atoms with Crippen LogP contribution in [-0.2, 0) is 0 Å². The van der Waals surface area contributed by atoms with Crippen molar-refractivity contribution in [2.24, 2.45) is 0 Å². The lowest BCUT2D eigenvalue weighted by Crippen LogP contribution is -2.25. The Morgan fingerprint density at radius 3 is 2.60 bits per heavy atom. The average molecular weight is 426 g/mol. The predicted octanol–water partition coefficient (Wildman–Crippen LogP) is 5.47. The highest BCUT2D eigenvalue weighted by molar-refractivity contribution is 6.31. The van der Waals surface area contributed by atoms with E-state index in [0.717, 1.165) is 25.9 Å². The summed E-state index contributed by atoms with van der Waals surface area (Å²) in [6.45, 7) is 5.70. The van der Waals surface area contributed by atoms with Gasteiger partial charge < -0.3 is 15.3 Å². The second kappa shape index (κ2) is 9.59. The zero-order valence-electron chi connectivity index (χ0n) is 17.0. The molecule has 2 aromatic carbocycles. The maximum Gasteiger partial charge on any atom is 0.336 e. The number of carboxylic acids is 1. The van der Waals surface area contributed by atoms with Crippen molar-refractivity contribution in [3.63, 3.8) is 0 Å². The molecule has 1 heterocycles. The molecule has 156 valence electrons. The molecule has 0 unspecified atom stereocenters. The Morgan fingerprint density at radius 1 is 1.13 bits per heavy atom. The number of aromatic carboxylic acids is 1. The fourth-order valence-electron chi connectivity index (χ4n) is 3.25. The molecule has 0 atom stereocenters. The van der Waals surface area contributed by atoms with Gasteiger partial charge in [-0.2, -0.15) is 0 Å². The topological polar surface area (TPSA) is 82.5 Å². The molecule has 6 nitrogen and oxygen atoms in total. The molecule has 7 heteroatoms. The van der Waals surface area contributed by atoms with Crippen LogP contribution in [0.3, 0.4) is 0 Å². The van der Waals surface area contributed by atoms with Gasteiger partial charge in [0.1, 0.15) is 5.82 Å². The number of amides is 1. The van der Waals surface area contributed by atoms with Gasteiger partial charge in [-0.05, 0) is 55.8 Å². The molecule has 30 heavy (non-hydrogen) atoms. The summed E-state index contributed by atoms with van der Waals surface area (Å²) in [6, 6.07) is 13.3. The Morgan fingerprint density at radius 2 is 1.93 bits per heavy atom. The number of carbonyl (C=O) groups is 2. The van der Waals surface area contributed by atoms with Gasteiger partial charge in [-0.25, -0.2) is 9.78 Å². The maximum absolute atomic E-state index is 12.5. The molecule has 0 saturated heterocycles. The van der Waals surface area contributed by atoms with Crippen molar-refractivity contribution in [1.29, 1.82) is 0 Å². The number of halogens is 1. The van der Waals surface area contributed by atoms with Gasteiger partial charge in [0.15, 0.2) is 0 Å². The Hall–Kier alpha value is -3.12. The van der Waals surface area contributed by atoms with Gasteiger partial charge in [-0.3, -0.25) is 4.79 Å². The molecular formula is C23H24ClN3O3. The zero-order chi connectivity index (χ0) is 21.7. The van der Waals surface area contributed by atoms with Gasteiger partial charge in [0.05, 0.1) is 11.1 Å². The molecule has 0 saturated carbocycles. The highest BCUT2D eigenvalue weighted by Gasteiger charge is 2.16. The van der Waals surface area contributed by atoms with E-state index in [4.69, 9.17) is 11.6 Å². The summed E-state index contributed by atoms with van der Waals surface area (Å²) in [5.41, 5.74) is 1.64. The van der Waals surface area contributed by atoms with E-state index in [9.17, 15) is 14.7 Å². The van der Waals surface area contributed by atoms with Crippen LogP contribution in [0.4, 0.5) is 11.5 Å². The number of fused-ring (bicyclic) bond motifs is 1. The van der Waals surface area contributed by atoms with Crippen molar-refractivity contribution in [2.75, 3.05) is 23.3 Å². The number of pyridine rings is 1. The van der Waals surface area contributed by atoms with Crippen molar-refractivity contribution in [2.45, 2.75) is 26.7 Å². The van der Waals surface area contributed by atoms with E-state index in [-0.39, 0.29) is 11.5 Å². The Labute approximate surface area is 180 Å². The smallest absolute Gasteiger partial charge is 0.336 e. The van der Waals surface area contributed by atoms with Crippen LogP contribution in [0.1, 0.15) is 47.4 Å². The summed E-state index contributed by atoms with van der Waals surface area (Å²) < 4.78 is 0. The normalized spacial score (nSPS) is 10.8. The molecule has 3 rings (SSSR count). The van der Waals surface area contributed by atoms with Crippen molar-refractivity contribution in [1.82, 2.24) is 4.98 Å². The molecule has 1 amide bonds. The number of unbranched alkanes of at least 4 members (excludes halogenated alkanes) is 1. The van der Waals surface area contributed by atoms with Crippen molar-refractivity contribution >= 4 is 45.9 Å². The van der Waals surface area contributed by atoms with Crippen LogP contribution in [0.5, 0.6) is 0 Å². The lowest BCUT2D eigenvalue weighted by Gasteiger charge is -2.22. The minimum Gasteiger partial charge on any atom is -0.478 e. The molecule has 0 aliphatic carbocycles. The number of carboxylic acid groups (broad SMARTS) is 1. The summed E-state index contributed by atoms with van der Waals surface area (Å²) in [5.74, 6) is -0.713. The number of aromatic nitrogens is 1. The van der Waals surface area contributed by atoms with E-state index in [1.54, 1.807) is 48.5 Å². The van der Waals surface area contributed by atoms with E-state index in [0.29, 0.717) is 33.0 Å². The number of nitrogens with zero attached hydrogens (tertiary/aromatic N) is 2. The molecule has 0 fully saturated rings. The fraction of sp³-hybridized carbons (Fsp3) is 0.261. The highest BCUT2D eigenvalue weighted by atomic mass is 35.5. The second-order valence-corrected chi connectivity index (χ2v) is 7.40. The van der Waals surface area contributed by atoms with Crippen molar-refractivity contribution in [3.05, 3.63) is 64.7 Å². The van der Waals surface area contributed by atoms with Crippen LogP contribution in [0.15, 0.2) is 48.5 Å². The zero-order valence-corrected chi connectivity index (χ0v) is 17.7. The fourth-order valence-corrected chi connectivity index (χ4v) is 3.44. The number of hydrogen-bond donors (Lipinski definition) is 2. The minimum atomic E-state index is -1.03. The monoisotopic (exact) mass is 425 g/mol. The number of benzene rings is 2. The number of anilines is 2. The quantitative estimate of drug-likeness (QED) is 0.500. The molecular weight excluding hydrogens is 402 g/mol. The molecule has 0 bridgehead atoms. The van der Waals surface area contributed by atoms with Gasteiger partial charge in [0.2, 0.25) is 0 Å². The van der Waals surface area contributed by atoms with Gasteiger partial charge >= 0.3 is 5.97 Å². The lowest BCUT2D eigenvalue weighted by atomic mass is 10.1. The third kappa shape index (κ3) is 4.89.